The Morgan fingerprint density at radius 2 is 2.00 bits per heavy atom. The van der Waals surface area contributed by atoms with Gasteiger partial charge in [0, 0.05) is 12.6 Å². The van der Waals surface area contributed by atoms with Gasteiger partial charge in [0.1, 0.15) is 5.75 Å². The molecule has 98 valence electrons. The van der Waals surface area contributed by atoms with Crippen LogP contribution in [0, 0.1) is 6.92 Å². The van der Waals surface area contributed by atoms with E-state index in [2.05, 4.69) is 4.74 Å². The zero-order valence-corrected chi connectivity index (χ0v) is 10.8. The molecule has 0 atom stereocenters. The number of ether oxygens (including phenoxy) is 1. The number of carbonyl (C=O) groups excluding carboxylic acids is 2. The summed E-state index contributed by atoms with van der Waals surface area (Å²) < 4.78 is 4.69. The second-order valence-electron chi connectivity index (χ2n) is 3.74. The maximum Gasteiger partial charge on any atom is 0.397 e. The van der Waals surface area contributed by atoms with Crippen molar-refractivity contribution in [3.63, 3.8) is 0 Å². The Hall–Kier alpha value is -2.04. The molecule has 1 amide bonds. The van der Waals surface area contributed by atoms with Crippen LogP contribution in [0.15, 0.2) is 18.2 Å². The molecule has 0 aliphatic rings. The van der Waals surface area contributed by atoms with E-state index in [9.17, 15) is 14.7 Å². The third kappa shape index (κ3) is 3.00. The molecule has 5 heteroatoms. The van der Waals surface area contributed by atoms with Crippen molar-refractivity contribution >= 4 is 17.6 Å². The number of phenols is 1. The smallest absolute Gasteiger partial charge is 0.397 e. The highest BCUT2D eigenvalue weighted by atomic mass is 16.5. The predicted octanol–water partition coefficient (Wildman–Crippen LogP) is 1.62. The number of carbonyl (C=O) groups is 2. The molecule has 0 aliphatic carbocycles. The average Bonchev–Trinajstić information content (AvgIpc) is 2.34. The molecule has 0 saturated heterocycles. The number of hydrogen-bond acceptors (Lipinski definition) is 4. The van der Waals surface area contributed by atoms with Gasteiger partial charge in [-0.3, -0.25) is 4.79 Å². The Kier molecular flexibility index (Phi) is 4.71. The van der Waals surface area contributed by atoms with Gasteiger partial charge in [-0.1, -0.05) is 6.07 Å². The largest absolute Gasteiger partial charge is 0.508 e. The van der Waals surface area contributed by atoms with E-state index in [0.29, 0.717) is 12.2 Å². The molecule has 0 aliphatic heterocycles. The SMILES string of the molecule is CCOC(=O)C(=O)N(CC)c1cc(O)ccc1C. The fraction of sp³-hybridized carbons (Fsp3) is 0.385. The van der Waals surface area contributed by atoms with Crippen molar-refractivity contribution in [2.75, 3.05) is 18.1 Å². The third-order valence-electron chi connectivity index (χ3n) is 2.49. The second kappa shape index (κ2) is 6.05. The van der Waals surface area contributed by atoms with E-state index in [1.165, 1.54) is 17.0 Å². The Morgan fingerprint density at radius 1 is 1.33 bits per heavy atom. The summed E-state index contributed by atoms with van der Waals surface area (Å²) in [6, 6.07) is 4.67. The highest BCUT2D eigenvalue weighted by molar-refractivity contribution is 6.38. The van der Waals surface area contributed by atoms with E-state index >= 15 is 0 Å². The van der Waals surface area contributed by atoms with Crippen LogP contribution < -0.4 is 4.90 Å². The molecule has 0 aromatic heterocycles. The van der Waals surface area contributed by atoms with Gasteiger partial charge in [-0.2, -0.15) is 0 Å². The summed E-state index contributed by atoms with van der Waals surface area (Å²) >= 11 is 0. The van der Waals surface area contributed by atoms with Gasteiger partial charge in [-0.25, -0.2) is 4.79 Å². The maximum atomic E-state index is 11.9. The quantitative estimate of drug-likeness (QED) is 0.654. The van der Waals surface area contributed by atoms with Crippen molar-refractivity contribution in [1.29, 1.82) is 0 Å². The minimum absolute atomic E-state index is 0.0470. The van der Waals surface area contributed by atoms with E-state index < -0.39 is 11.9 Å². The van der Waals surface area contributed by atoms with Crippen LogP contribution in [-0.2, 0) is 14.3 Å². The van der Waals surface area contributed by atoms with Crippen LogP contribution in [0.5, 0.6) is 5.75 Å². The van der Waals surface area contributed by atoms with Crippen LogP contribution in [0.2, 0.25) is 0 Å². The standard InChI is InChI=1S/C13H17NO4/c1-4-14(12(16)13(17)18-5-2)11-8-10(15)7-6-9(11)3/h6-8,15H,4-5H2,1-3H3. The van der Waals surface area contributed by atoms with Gasteiger partial charge in [0.05, 0.1) is 12.3 Å². The molecule has 0 unspecified atom stereocenters. The zero-order chi connectivity index (χ0) is 13.7. The first-order chi connectivity index (χ1) is 8.51. The van der Waals surface area contributed by atoms with Gasteiger partial charge in [0.2, 0.25) is 0 Å². The summed E-state index contributed by atoms with van der Waals surface area (Å²) in [7, 11) is 0. The van der Waals surface area contributed by atoms with E-state index in [-0.39, 0.29) is 12.4 Å². The molecule has 0 spiro atoms. The van der Waals surface area contributed by atoms with Crippen molar-refractivity contribution < 1.29 is 19.4 Å². The van der Waals surface area contributed by atoms with Crippen LogP contribution in [0.4, 0.5) is 5.69 Å². The third-order valence-corrected chi connectivity index (χ3v) is 2.49. The van der Waals surface area contributed by atoms with Crippen LogP contribution in [-0.4, -0.2) is 30.1 Å². The Morgan fingerprint density at radius 3 is 2.56 bits per heavy atom. The number of amides is 1. The Bertz CT molecular complexity index is 456. The molecule has 1 aromatic carbocycles. The van der Waals surface area contributed by atoms with Crippen molar-refractivity contribution in [2.24, 2.45) is 0 Å². The van der Waals surface area contributed by atoms with Gasteiger partial charge in [-0.15, -0.1) is 0 Å². The molecule has 1 N–H and O–H groups in total. The van der Waals surface area contributed by atoms with Crippen molar-refractivity contribution in [3.8, 4) is 5.75 Å². The maximum absolute atomic E-state index is 11.9. The highest BCUT2D eigenvalue weighted by Gasteiger charge is 2.24. The number of rotatable bonds is 3. The first-order valence-corrected chi connectivity index (χ1v) is 5.79. The summed E-state index contributed by atoms with van der Waals surface area (Å²) in [6.45, 7) is 5.67. The minimum Gasteiger partial charge on any atom is -0.508 e. The fourth-order valence-corrected chi connectivity index (χ4v) is 1.61. The number of nitrogens with zero attached hydrogens (tertiary/aromatic N) is 1. The second-order valence-corrected chi connectivity index (χ2v) is 3.74. The first-order valence-electron chi connectivity index (χ1n) is 5.79. The Balaban J connectivity index is 3.06. The molecule has 0 fully saturated rings. The molecule has 5 nitrogen and oxygen atoms in total. The van der Waals surface area contributed by atoms with Gasteiger partial charge in [0.25, 0.3) is 0 Å². The lowest BCUT2D eigenvalue weighted by Crippen LogP contribution is -2.38. The number of hydrogen-bond donors (Lipinski definition) is 1. The molecule has 0 saturated carbocycles. The molecule has 0 bridgehead atoms. The summed E-state index contributed by atoms with van der Waals surface area (Å²) in [6.07, 6.45) is 0. The number of aryl methyl sites for hydroxylation is 1. The van der Waals surface area contributed by atoms with Crippen molar-refractivity contribution in [1.82, 2.24) is 0 Å². The molecule has 1 aromatic rings. The summed E-state index contributed by atoms with van der Waals surface area (Å²) in [4.78, 5) is 24.6. The zero-order valence-electron chi connectivity index (χ0n) is 10.8. The number of benzene rings is 1. The van der Waals surface area contributed by atoms with Gasteiger partial charge < -0.3 is 14.7 Å². The molecular formula is C13H17NO4. The monoisotopic (exact) mass is 251 g/mol. The van der Waals surface area contributed by atoms with Gasteiger partial charge in [-0.05, 0) is 32.4 Å². The number of anilines is 1. The first kappa shape index (κ1) is 14.0. The van der Waals surface area contributed by atoms with E-state index in [1.54, 1.807) is 26.8 Å². The van der Waals surface area contributed by atoms with Crippen LogP contribution >= 0.6 is 0 Å². The van der Waals surface area contributed by atoms with Gasteiger partial charge >= 0.3 is 11.9 Å². The molecule has 1 rings (SSSR count). The lowest BCUT2D eigenvalue weighted by atomic mass is 10.1. The molecule has 0 radical (unpaired) electrons. The Labute approximate surface area is 106 Å². The lowest BCUT2D eigenvalue weighted by Gasteiger charge is -2.21. The van der Waals surface area contributed by atoms with Crippen molar-refractivity contribution in [3.05, 3.63) is 23.8 Å². The lowest BCUT2D eigenvalue weighted by molar-refractivity contribution is -0.153. The van der Waals surface area contributed by atoms with Crippen LogP contribution in [0.25, 0.3) is 0 Å². The number of aromatic hydroxyl groups is 1. The summed E-state index contributed by atoms with van der Waals surface area (Å²) in [5, 5.41) is 9.45. The fourth-order valence-electron chi connectivity index (χ4n) is 1.61. The minimum atomic E-state index is -0.887. The van der Waals surface area contributed by atoms with Gasteiger partial charge in [0.15, 0.2) is 0 Å². The average molecular weight is 251 g/mol. The molecule has 18 heavy (non-hydrogen) atoms. The normalized spacial score (nSPS) is 9.94. The van der Waals surface area contributed by atoms with Crippen LogP contribution in [0.1, 0.15) is 19.4 Å². The highest BCUT2D eigenvalue weighted by Crippen LogP contribution is 2.25. The van der Waals surface area contributed by atoms with E-state index in [0.717, 1.165) is 5.56 Å². The molecular weight excluding hydrogens is 234 g/mol. The predicted molar refractivity (Wildman–Crippen MR) is 67.5 cm³/mol. The molecule has 0 heterocycles. The number of phenolic OH excluding ortho intramolecular Hbond substituents is 1. The van der Waals surface area contributed by atoms with Crippen molar-refractivity contribution in [2.45, 2.75) is 20.8 Å². The topological polar surface area (TPSA) is 66.8 Å². The number of esters is 1. The van der Waals surface area contributed by atoms with Crippen LogP contribution in [0.3, 0.4) is 0 Å². The summed E-state index contributed by atoms with van der Waals surface area (Å²) in [5.74, 6) is -1.57. The number of likely N-dealkylation sites (N-methyl/N-ethyl adjacent to an activating group) is 1. The van der Waals surface area contributed by atoms with E-state index in [1.807, 2.05) is 0 Å². The van der Waals surface area contributed by atoms with E-state index in [4.69, 9.17) is 0 Å². The summed E-state index contributed by atoms with van der Waals surface area (Å²) in [5.41, 5.74) is 1.31.